The van der Waals surface area contributed by atoms with E-state index >= 15 is 0 Å². The van der Waals surface area contributed by atoms with E-state index in [1.807, 2.05) is 0 Å². The predicted octanol–water partition coefficient (Wildman–Crippen LogP) is 2.55. The fourth-order valence-electron chi connectivity index (χ4n) is 2.90. The van der Waals surface area contributed by atoms with Crippen LogP contribution in [-0.4, -0.2) is 16.1 Å². The molecule has 1 aliphatic carbocycles. The molecule has 2 aliphatic rings. The van der Waals surface area contributed by atoms with Crippen molar-refractivity contribution in [3.05, 3.63) is 17.2 Å². The van der Waals surface area contributed by atoms with Gasteiger partial charge in [-0.05, 0) is 19.3 Å². The van der Waals surface area contributed by atoms with E-state index in [0.29, 0.717) is 0 Å². The van der Waals surface area contributed by atoms with Crippen LogP contribution in [0.2, 0.25) is 0 Å². The molecular weight excluding hydrogens is 210 g/mol. The smallest absolute Gasteiger partial charge is 0.114 e. The Morgan fingerprint density at radius 2 is 2.06 bits per heavy atom. The molecule has 3 heteroatoms. The van der Waals surface area contributed by atoms with Gasteiger partial charge in [0.2, 0.25) is 0 Å². The Balaban J connectivity index is 2.10. The molecule has 0 aromatic carbocycles. The molecule has 1 fully saturated rings. The SMILES string of the molecule is CC(C)(C)c1nc2c(n1C1CCC1)CCNC2. The fourth-order valence-corrected chi connectivity index (χ4v) is 2.90. The van der Waals surface area contributed by atoms with Crippen LogP contribution in [0.25, 0.3) is 0 Å². The number of aromatic nitrogens is 2. The molecule has 94 valence electrons. The van der Waals surface area contributed by atoms with E-state index in [4.69, 9.17) is 4.98 Å². The normalized spacial score (nSPS) is 21.1. The first kappa shape index (κ1) is 11.3. The van der Waals surface area contributed by atoms with Crippen LogP contribution < -0.4 is 5.32 Å². The Labute approximate surface area is 104 Å². The molecule has 0 bridgehead atoms. The third-order valence-electron chi connectivity index (χ3n) is 4.03. The van der Waals surface area contributed by atoms with Gasteiger partial charge in [-0.25, -0.2) is 4.98 Å². The average Bonchev–Trinajstić information content (AvgIpc) is 2.55. The largest absolute Gasteiger partial charge is 0.328 e. The number of nitrogens with zero attached hydrogens (tertiary/aromatic N) is 2. The van der Waals surface area contributed by atoms with Crippen molar-refractivity contribution in [3.63, 3.8) is 0 Å². The highest BCUT2D eigenvalue weighted by molar-refractivity contribution is 5.25. The zero-order chi connectivity index (χ0) is 12.0. The van der Waals surface area contributed by atoms with Crippen molar-refractivity contribution in [1.82, 2.24) is 14.9 Å². The Bertz CT molecular complexity index is 421. The van der Waals surface area contributed by atoms with E-state index in [1.54, 1.807) is 0 Å². The van der Waals surface area contributed by atoms with E-state index in [1.165, 1.54) is 36.5 Å². The Morgan fingerprint density at radius 3 is 2.65 bits per heavy atom. The van der Waals surface area contributed by atoms with Crippen molar-refractivity contribution in [2.45, 2.75) is 64.5 Å². The molecule has 1 aromatic heterocycles. The van der Waals surface area contributed by atoms with Crippen LogP contribution >= 0.6 is 0 Å². The molecule has 0 amide bonds. The zero-order valence-corrected chi connectivity index (χ0v) is 11.2. The standard InChI is InChI=1S/C14H23N3/c1-14(2,3)13-16-11-9-15-8-7-12(11)17(13)10-5-4-6-10/h10,15H,4-9H2,1-3H3. The number of imidazole rings is 1. The highest BCUT2D eigenvalue weighted by atomic mass is 15.2. The minimum atomic E-state index is 0.160. The molecule has 17 heavy (non-hydrogen) atoms. The minimum absolute atomic E-state index is 0.160. The van der Waals surface area contributed by atoms with E-state index < -0.39 is 0 Å². The summed E-state index contributed by atoms with van der Waals surface area (Å²) in [5.41, 5.74) is 2.97. The fraction of sp³-hybridized carbons (Fsp3) is 0.786. The van der Waals surface area contributed by atoms with Crippen LogP contribution in [0.5, 0.6) is 0 Å². The van der Waals surface area contributed by atoms with Gasteiger partial charge < -0.3 is 9.88 Å². The second-order valence-electron chi connectivity index (χ2n) is 6.46. The molecule has 3 rings (SSSR count). The van der Waals surface area contributed by atoms with Crippen LogP contribution in [0.4, 0.5) is 0 Å². The van der Waals surface area contributed by atoms with Crippen molar-refractivity contribution >= 4 is 0 Å². The molecular formula is C14H23N3. The number of rotatable bonds is 1. The van der Waals surface area contributed by atoms with Crippen molar-refractivity contribution in [2.24, 2.45) is 0 Å². The number of fused-ring (bicyclic) bond motifs is 1. The lowest BCUT2D eigenvalue weighted by Crippen LogP contribution is -2.29. The summed E-state index contributed by atoms with van der Waals surface area (Å²) in [5.74, 6) is 1.30. The van der Waals surface area contributed by atoms with Crippen LogP contribution in [0.3, 0.4) is 0 Å². The second-order valence-corrected chi connectivity index (χ2v) is 6.46. The van der Waals surface area contributed by atoms with Gasteiger partial charge in [-0.2, -0.15) is 0 Å². The van der Waals surface area contributed by atoms with Gasteiger partial charge in [-0.1, -0.05) is 20.8 Å². The molecule has 0 saturated heterocycles. The van der Waals surface area contributed by atoms with Gasteiger partial charge in [-0.15, -0.1) is 0 Å². The maximum absolute atomic E-state index is 4.93. The van der Waals surface area contributed by atoms with Crippen LogP contribution in [0.1, 0.15) is 63.3 Å². The van der Waals surface area contributed by atoms with E-state index in [0.717, 1.165) is 25.6 Å². The average molecular weight is 233 g/mol. The van der Waals surface area contributed by atoms with Gasteiger partial charge in [0.1, 0.15) is 5.82 Å². The molecule has 0 radical (unpaired) electrons. The molecule has 1 N–H and O–H groups in total. The lowest BCUT2D eigenvalue weighted by atomic mass is 9.89. The Hall–Kier alpha value is -0.830. The van der Waals surface area contributed by atoms with Crippen molar-refractivity contribution in [3.8, 4) is 0 Å². The summed E-state index contributed by atoms with van der Waals surface area (Å²) >= 11 is 0. The summed E-state index contributed by atoms with van der Waals surface area (Å²) in [7, 11) is 0. The summed E-state index contributed by atoms with van der Waals surface area (Å²) in [6.45, 7) is 8.91. The summed E-state index contributed by atoms with van der Waals surface area (Å²) in [4.78, 5) is 4.93. The van der Waals surface area contributed by atoms with Crippen LogP contribution in [0, 0.1) is 0 Å². The maximum atomic E-state index is 4.93. The van der Waals surface area contributed by atoms with Gasteiger partial charge in [-0.3, -0.25) is 0 Å². The first-order valence-corrected chi connectivity index (χ1v) is 6.88. The number of nitrogens with one attached hydrogen (secondary N) is 1. The number of hydrogen-bond acceptors (Lipinski definition) is 2. The van der Waals surface area contributed by atoms with Crippen molar-refractivity contribution in [2.75, 3.05) is 6.54 Å². The van der Waals surface area contributed by atoms with Gasteiger partial charge in [0, 0.05) is 36.7 Å². The quantitative estimate of drug-likeness (QED) is 0.808. The maximum Gasteiger partial charge on any atom is 0.114 e. The Morgan fingerprint density at radius 1 is 1.29 bits per heavy atom. The lowest BCUT2D eigenvalue weighted by Gasteiger charge is -2.33. The van der Waals surface area contributed by atoms with Crippen LogP contribution in [0.15, 0.2) is 0 Å². The highest BCUT2D eigenvalue weighted by Crippen LogP contribution is 2.38. The van der Waals surface area contributed by atoms with Crippen molar-refractivity contribution < 1.29 is 0 Å². The molecule has 1 aromatic rings. The molecule has 1 saturated carbocycles. The summed E-state index contributed by atoms with van der Waals surface area (Å²) in [5, 5.41) is 3.43. The molecule has 3 nitrogen and oxygen atoms in total. The second kappa shape index (κ2) is 3.84. The minimum Gasteiger partial charge on any atom is -0.328 e. The molecule has 0 atom stereocenters. The molecule has 1 aliphatic heterocycles. The van der Waals surface area contributed by atoms with E-state index in [-0.39, 0.29) is 5.41 Å². The first-order chi connectivity index (χ1) is 8.07. The van der Waals surface area contributed by atoms with Crippen molar-refractivity contribution in [1.29, 1.82) is 0 Å². The monoisotopic (exact) mass is 233 g/mol. The summed E-state index contributed by atoms with van der Waals surface area (Å²) < 4.78 is 2.58. The summed E-state index contributed by atoms with van der Waals surface area (Å²) in [6, 6.07) is 0.735. The van der Waals surface area contributed by atoms with Gasteiger partial charge >= 0.3 is 0 Å². The zero-order valence-electron chi connectivity index (χ0n) is 11.2. The van der Waals surface area contributed by atoms with Crippen LogP contribution in [-0.2, 0) is 18.4 Å². The number of hydrogen-bond donors (Lipinski definition) is 1. The molecule has 0 spiro atoms. The summed E-state index contributed by atoms with van der Waals surface area (Å²) in [6.07, 6.45) is 5.23. The van der Waals surface area contributed by atoms with E-state index in [9.17, 15) is 0 Å². The predicted molar refractivity (Wildman–Crippen MR) is 69.2 cm³/mol. The first-order valence-electron chi connectivity index (χ1n) is 6.88. The third-order valence-corrected chi connectivity index (χ3v) is 4.03. The third kappa shape index (κ3) is 1.81. The Kier molecular flexibility index (Phi) is 2.54. The lowest BCUT2D eigenvalue weighted by molar-refractivity contribution is 0.286. The van der Waals surface area contributed by atoms with Gasteiger partial charge in [0.05, 0.1) is 5.69 Å². The van der Waals surface area contributed by atoms with E-state index in [2.05, 4.69) is 30.7 Å². The highest BCUT2D eigenvalue weighted by Gasteiger charge is 2.32. The topological polar surface area (TPSA) is 29.9 Å². The molecule has 0 unspecified atom stereocenters. The van der Waals surface area contributed by atoms with Gasteiger partial charge in [0.25, 0.3) is 0 Å². The van der Waals surface area contributed by atoms with Gasteiger partial charge in [0.15, 0.2) is 0 Å². The molecule has 2 heterocycles.